The zero-order valence-electron chi connectivity index (χ0n) is 9.77. The van der Waals surface area contributed by atoms with Gasteiger partial charge in [0.05, 0.1) is 5.69 Å². The van der Waals surface area contributed by atoms with Crippen LogP contribution in [-0.2, 0) is 9.63 Å². The highest BCUT2D eigenvalue weighted by molar-refractivity contribution is 5.57. The molecule has 2 rings (SSSR count). The molecule has 0 saturated carbocycles. The number of carbonyl (C=O) groups excluding carboxylic acids is 1. The van der Waals surface area contributed by atoms with Gasteiger partial charge in [0.15, 0.2) is 6.29 Å². The van der Waals surface area contributed by atoms with Gasteiger partial charge < -0.3 is 4.79 Å². The molecule has 1 aliphatic rings. The third-order valence-corrected chi connectivity index (χ3v) is 2.89. The third-order valence-electron chi connectivity index (χ3n) is 2.89. The van der Waals surface area contributed by atoms with Crippen LogP contribution in [0.3, 0.4) is 0 Å². The van der Waals surface area contributed by atoms with Crippen LogP contribution in [0.15, 0.2) is 30.3 Å². The maximum absolute atomic E-state index is 10.8. The predicted octanol–water partition coefficient (Wildman–Crippen LogP) is 1.43. The highest BCUT2D eigenvalue weighted by atomic mass is 16.7. The molecule has 6 nitrogen and oxygen atoms in total. The van der Waals surface area contributed by atoms with E-state index < -0.39 is 6.10 Å². The summed E-state index contributed by atoms with van der Waals surface area (Å²) in [5.41, 5.74) is 0.732. The van der Waals surface area contributed by atoms with Crippen molar-refractivity contribution in [3.8, 4) is 0 Å². The Balaban J connectivity index is 2.19. The Morgan fingerprint density at radius 2 is 2.11 bits per heavy atom. The van der Waals surface area contributed by atoms with E-state index in [1.54, 1.807) is 12.1 Å². The van der Waals surface area contributed by atoms with Crippen LogP contribution in [0, 0.1) is 10.1 Å². The summed E-state index contributed by atoms with van der Waals surface area (Å²) in [7, 11) is 0. The molecule has 0 aromatic heterocycles. The van der Waals surface area contributed by atoms with Gasteiger partial charge in [0, 0.05) is 4.92 Å². The number of hydrogen-bond acceptors (Lipinski definition) is 5. The molecule has 6 heteroatoms. The topological polar surface area (TPSA) is 72.7 Å². The van der Waals surface area contributed by atoms with E-state index in [0.29, 0.717) is 12.8 Å². The number of nitro groups is 1. The Morgan fingerprint density at radius 3 is 2.72 bits per heavy atom. The van der Waals surface area contributed by atoms with Gasteiger partial charge in [-0.1, -0.05) is 18.2 Å². The summed E-state index contributed by atoms with van der Waals surface area (Å²) >= 11 is 0. The van der Waals surface area contributed by atoms with Crippen molar-refractivity contribution >= 4 is 12.0 Å². The average Bonchev–Trinajstić information content (AvgIpc) is 2.39. The lowest BCUT2D eigenvalue weighted by molar-refractivity contribution is -0.484. The van der Waals surface area contributed by atoms with Gasteiger partial charge >= 0.3 is 0 Å². The fraction of sp³-hybridized carbons (Fsp3) is 0.417. The van der Waals surface area contributed by atoms with Gasteiger partial charge in [0.1, 0.15) is 12.1 Å². The lowest BCUT2D eigenvalue weighted by Gasteiger charge is -2.36. The molecule has 1 aromatic rings. The fourth-order valence-electron chi connectivity index (χ4n) is 2.04. The van der Waals surface area contributed by atoms with Crippen LogP contribution >= 0.6 is 0 Å². The zero-order valence-corrected chi connectivity index (χ0v) is 9.77. The molecule has 0 spiro atoms. The van der Waals surface area contributed by atoms with E-state index in [1.807, 2.05) is 18.2 Å². The van der Waals surface area contributed by atoms with Crippen LogP contribution in [0.2, 0.25) is 0 Å². The van der Waals surface area contributed by atoms with Crippen molar-refractivity contribution in [1.82, 2.24) is 0 Å². The molecule has 1 heterocycles. The quantitative estimate of drug-likeness (QED) is 0.459. The van der Waals surface area contributed by atoms with Crippen LogP contribution in [-0.4, -0.2) is 29.9 Å². The SMILES string of the molecule is O=CC1CCC(C[N+](=O)[O-])N(c2ccccc2)O1. The second kappa shape index (κ2) is 5.59. The fourth-order valence-corrected chi connectivity index (χ4v) is 2.04. The Labute approximate surface area is 104 Å². The lowest BCUT2D eigenvalue weighted by Crippen LogP contribution is -2.47. The van der Waals surface area contributed by atoms with Gasteiger partial charge in [-0.25, -0.2) is 5.06 Å². The number of carbonyl (C=O) groups is 1. The van der Waals surface area contributed by atoms with Gasteiger partial charge in [0.25, 0.3) is 0 Å². The maximum Gasteiger partial charge on any atom is 0.226 e. The molecule has 1 aromatic carbocycles. The largest absolute Gasteiger partial charge is 0.300 e. The molecular weight excluding hydrogens is 236 g/mol. The standard InChI is InChI=1S/C12H14N2O4/c15-9-12-7-6-11(8-13(16)17)14(18-12)10-4-2-1-3-5-10/h1-5,9,11-12H,6-8H2. The molecule has 0 N–H and O–H groups in total. The summed E-state index contributed by atoms with van der Waals surface area (Å²) < 4.78 is 0. The van der Waals surface area contributed by atoms with Crippen molar-refractivity contribution in [1.29, 1.82) is 0 Å². The monoisotopic (exact) mass is 250 g/mol. The molecule has 0 aliphatic carbocycles. The molecule has 18 heavy (non-hydrogen) atoms. The molecule has 1 fully saturated rings. The minimum Gasteiger partial charge on any atom is -0.300 e. The summed E-state index contributed by atoms with van der Waals surface area (Å²) in [6.07, 6.45) is 1.30. The third kappa shape index (κ3) is 2.84. The van der Waals surface area contributed by atoms with E-state index in [1.165, 1.54) is 5.06 Å². The van der Waals surface area contributed by atoms with E-state index in [9.17, 15) is 14.9 Å². The molecule has 0 amide bonds. The van der Waals surface area contributed by atoms with E-state index in [0.717, 1.165) is 12.0 Å². The van der Waals surface area contributed by atoms with Crippen molar-refractivity contribution in [2.75, 3.05) is 11.6 Å². The van der Waals surface area contributed by atoms with Crippen LogP contribution < -0.4 is 5.06 Å². The number of benzene rings is 1. The molecule has 2 unspecified atom stereocenters. The van der Waals surface area contributed by atoms with Gasteiger partial charge in [0.2, 0.25) is 6.54 Å². The number of para-hydroxylation sites is 1. The normalized spacial score (nSPS) is 23.7. The Bertz CT molecular complexity index is 423. The second-order valence-electron chi connectivity index (χ2n) is 4.19. The number of anilines is 1. The summed E-state index contributed by atoms with van der Waals surface area (Å²) in [6, 6.07) is 8.78. The number of rotatable bonds is 4. The minimum absolute atomic E-state index is 0.194. The number of aldehydes is 1. The molecule has 0 bridgehead atoms. The Kier molecular flexibility index (Phi) is 3.88. The van der Waals surface area contributed by atoms with Gasteiger partial charge in [-0.05, 0) is 25.0 Å². The van der Waals surface area contributed by atoms with E-state index in [-0.39, 0.29) is 17.5 Å². The summed E-state index contributed by atoms with van der Waals surface area (Å²) in [4.78, 5) is 26.6. The number of hydroxylamine groups is 1. The molecular formula is C12H14N2O4. The van der Waals surface area contributed by atoms with Crippen LogP contribution in [0.5, 0.6) is 0 Å². The van der Waals surface area contributed by atoms with Crippen LogP contribution in [0.25, 0.3) is 0 Å². The smallest absolute Gasteiger partial charge is 0.226 e. The first-order chi connectivity index (χ1) is 8.70. The van der Waals surface area contributed by atoms with Gasteiger partial charge in [-0.3, -0.25) is 15.0 Å². The summed E-state index contributed by atoms with van der Waals surface area (Å²) in [6.45, 7) is -0.194. The van der Waals surface area contributed by atoms with Crippen molar-refractivity contribution < 1.29 is 14.6 Å². The Hall–Kier alpha value is -1.95. The van der Waals surface area contributed by atoms with E-state index >= 15 is 0 Å². The summed E-state index contributed by atoms with van der Waals surface area (Å²) in [5, 5.41) is 12.1. The first kappa shape index (κ1) is 12.5. The van der Waals surface area contributed by atoms with Crippen molar-refractivity contribution in [3.05, 3.63) is 40.4 Å². The summed E-state index contributed by atoms with van der Waals surface area (Å²) in [5.74, 6) is 0. The number of nitrogens with zero attached hydrogens (tertiary/aromatic N) is 2. The lowest BCUT2D eigenvalue weighted by atomic mass is 10.1. The molecule has 2 atom stereocenters. The molecule has 1 aliphatic heterocycles. The van der Waals surface area contributed by atoms with Gasteiger partial charge in [-0.15, -0.1) is 0 Å². The Morgan fingerprint density at radius 1 is 1.39 bits per heavy atom. The number of hydrogen-bond donors (Lipinski definition) is 0. The second-order valence-corrected chi connectivity index (χ2v) is 4.19. The maximum atomic E-state index is 10.8. The van der Waals surface area contributed by atoms with Crippen molar-refractivity contribution in [2.24, 2.45) is 0 Å². The van der Waals surface area contributed by atoms with Crippen molar-refractivity contribution in [2.45, 2.75) is 25.0 Å². The van der Waals surface area contributed by atoms with Crippen molar-refractivity contribution in [3.63, 3.8) is 0 Å². The highest BCUT2D eigenvalue weighted by Gasteiger charge is 2.32. The predicted molar refractivity (Wildman–Crippen MR) is 64.7 cm³/mol. The molecule has 96 valence electrons. The van der Waals surface area contributed by atoms with E-state index in [4.69, 9.17) is 4.84 Å². The van der Waals surface area contributed by atoms with Crippen LogP contribution in [0.4, 0.5) is 5.69 Å². The minimum atomic E-state index is -0.520. The zero-order chi connectivity index (χ0) is 13.0. The average molecular weight is 250 g/mol. The highest BCUT2D eigenvalue weighted by Crippen LogP contribution is 2.26. The first-order valence-corrected chi connectivity index (χ1v) is 5.79. The molecule has 0 radical (unpaired) electrons. The van der Waals surface area contributed by atoms with Gasteiger partial charge in [-0.2, -0.15) is 0 Å². The molecule has 1 saturated heterocycles. The van der Waals surface area contributed by atoms with E-state index in [2.05, 4.69) is 0 Å². The van der Waals surface area contributed by atoms with Crippen LogP contribution in [0.1, 0.15) is 12.8 Å². The first-order valence-electron chi connectivity index (χ1n) is 5.79.